The fraction of sp³-hybridized carbons (Fsp3) is 0.250. The molecule has 1 heterocycles. The molecule has 0 saturated carbocycles. The maximum absolute atomic E-state index is 4.91. The molecule has 0 radical (unpaired) electrons. The molecule has 0 amide bonds. The summed E-state index contributed by atoms with van der Waals surface area (Å²) in [5, 5.41) is 1.23. The van der Waals surface area contributed by atoms with Gasteiger partial charge in [-0.25, -0.2) is 4.99 Å². The number of benzene rings is 2. The number of halogens is 1. The van der Waals surface area contributed by atoms with Crippen molar-refractivity contribution in [2.45, 2.75) is 31.1 Å². The molecule has 1 unspecified atom stereocenters. The fourth-order valence-electron chi connectivity index (χ4n) is 2.35. The van der Waals surface area contributed by atoms with E-state index >= 15 is 0 Å². The maximum Gasteiger partial charge on any atom is 0.0808 e. The molecule has 0 N–H and O–H groups in total. The van der Waals surface area contributed by atoms with Crippen LogP contribution in [0.5, 0.6) is 0 Å². The van der Waals surface area contributed by atoms with Gasteiger partial charge >= 0.3 is 0 Å². The average molecular weight is 381 g/mol. The van der Waals surface area contributed by atoms with E-state index in [1.165, 1.54) is 33.2 Å². The summed E-state index contributed by atoms with van der Waals surface area (Å²) in [5.74, 6) is 0. The molecule has 1 nitrogen and oxygen atoms in total. The molecular formula is C16H16INS. The molecule has 3 heteroatoms. The summed E-state index contributed by atoms with van der Waals surface area (Å²) in [7, 11) is 0.120. The highest BCUT2D eigenvalue weighted by Crippen LogP contribution is 2.44. The van der Waals surface area contributed by atoms with E-state index in [1.807, 2.05) is 0 Å². The van der Waals surface area contributed by atoms with Crippen molar-refractivity contribution in [1.29, 1.82) is 0 Å². The van der Waals surface area contributed by atoms with E-state index in [9.17, 15) is 0 Å². The summed E-state index contributed by atoms with van der Waals surface area (Å²) < 4.78 is 1.40. The molecule has 0 fully saturated rings. The van der Waals surface area contributed by atoms with Gasteiger partial charge in [-0.1, -0.05) is 45.3 Å². The number of aryl methyl sites for hydroxylation is 1. The SMILES string of the molecule is CCCCc1cccc2c1=Nc1ccccc1S=2I. The number of nitrogens with zero attached hydrogens (tertiary/aromatic N) is 1. The van der Waals surface area contributed by atoms with Gasteiger partial charge < -0.3 is 0 Å². The van der Waals surface area contributed by atoms with Crippen LogP contribution in [-0.4, -0.2) is 0 Å². The summed E-state index contributed by atoms with van der Waals surface area (Å²) >= 11 is 2.56. The number of rotatable bonds is 3. The zero-order valence-electron chi connectivity index (χ0n) is 10.9. The Kier molecular flexibility index (Phi) is 4.03. The normalized spacial score (nSPS) is 16.4. The highest BCUT2D eigenvalue weighted by Gasteiger charge is 2.11. The summed E-state index contributed by atoms with van der Waals surface area (Å²) in [6.45, 7) is 2.24. The molecule has 98 valence electrons. The predicted molar refractivity (Wildman–Crippen MR) is 91.0 cm³/mol. The largest absolute Gasteiger partial charge is 0.246 e. The minimum absolute atomic E-state index is 0.120. The van der Waals surface area contributed by atoms with Gasteiger partial charge in [0.2, 0.25) is 0 Å². The monoisotopic (exact) mass is 381 g/mol. The van der Waals surface area contributed by atoms with E-state index in [0.29, 0.717) is 0 Å². The lowest BCUT2D eigenvalue weighted by molar-refractivity contribution is 0.788. The number of unbranched alkanes of at least 4 members (excludes halogenated alkanes) is 1. The van der Waals surface area contributed by atoms with E-state index in [0.717, 1.165) is 12.1 Å². The van der Waals surface area contributed by atoms with Crippen LogP contribution in [0.15, 0.2) is 52.4 Å². The Morgan fingerprint density at radius 3 is 2.79 bits per heavy atom. The molecular weight excluding hydrogens is 365 g/mol. The van der Waals surface area contributed by atoms with Crippen LogP contribution in [0.1, 0.15) is 25.3 Å². The van der Waals surface area contributed by atoms with Gasteiger partial charge in [0.1, 0.15) is 0 Å². The van der Waals surface area contributed by atoms with Gasteiger partial charge in [-0.05, 0) is 57.8 Å². The highest BCUT2D eigenvalue weighted by atomic mass is 127. The van der Waals surface area contributed by atoms with E-state index in [4.69, 9.17) is 4.99 Å². The van der Waals surface area contributed by atoms with Crippen LogP contribution in [0.4, 0.5) is 5.69 Å². The Bertz CT molecular complexity index is 737. The Labute approximate surface area is 128 Å². The van der Waals surface area contributed by atoms with Crippen LogP contribution >= 0.6 is 28.9 Å². The van der Waals surface area contributed by atoms with Crippen molar-refractivity contribution in [3.05, 3.63) is 57.9 Å². The molecule has 0 bridgehead atoms. The van der Waals surface area contributed by atoms with Crippen LogP contribution in [0.25, 0.3) is 0 Å². The lowest BCUT2D eigenvalue weighted by Crippen LogP contribution is -2.13. The standard InChI is InChI=1S/C16H16INS/c1-2-3-7-12-8-6-11-15-16(12)18-13-9-4-5-10-14(13)19(15)17/h4-6,8-11H,2-3,7H2,1H3. The average Bonchev–Trinajstić information content (AvgIpc) is 2.46. The van der Waals surface area contributed by atoms with Gasteiger partial charge in [0.05, 0.1) is 11.0 Å². The summed E-state index contributed by atoms with van der Waals surface area (Å²) in [5.41, 5.74) is 2.56. The topological polar surface area (TPSA) is 12.4 Å². The van der Waals surface area contributed by atoms with Crippen molar-refractivity contribution in [3.8, 4) is 0 Å². The van der Waals surface area contributed by atoms with Crippen LogP contribution < -0.4 is 5.36 Å². The predicted octanol–water partition coefficient (Wildman–Crippen LogP) is 5.22. The van der Waals surface area contributed by atoms with E-state index in [1.54, 1.807) is 0 Å². The molecule has 19 heavy (non-hydrogen) atoms. The molecule has 1 aliphatic rings. The van der Waals surface area contributed by atoms with Crippen molar-refractivity contribution in [2.75, 3.05) is 0 Å². The Balaban J connectivity index is 2.26. The third-order valence-corrected chi connectivity index (χ3v) is 7.66. The van der Waals surface area contributed by atoms with Crippen molar-refractivity contribution in [2.24, 2.45) is 4.99 Å². The first kappa shape index (κ1) is 13.3. The van der Waals surface area contributed by atoms with Gasteiger partial charge in [-0.15, -0.1) is 0 Å². The van der Waals surface area contributed by atoms with Gasteiger partial charge in [-0.3, -0.25) is 0 Å². The Morgan fingerprint density at radius 1 is 1.11 bits per heavy atom. The lowest BCUT2D eigenvalue weighted by Gasteiger charge is -2.13. The van der Waals surface area contributed by atoms with Crippen LogP contribution in [-0.2, 0) is 6.42 Å². The lowest BCUT2D eigenvalue weighted by atomic mass is 10.1. The van der Waals surface area contributed by atoms with Crippen molar-refractivity contribution < 1.29 is 0 Å². The van der Waals surface area contributed by atoms with Crippen molar-refractivity contribution in [1.82, 2.24) is 0 Å². The van der Waals surface area contributed by atoms with E-state index < -0.39 is 0 Å². The fourth-order valence-corrected chi connectivity index (χ4v) is 5.81. The van der Waals surface area contributed by atoms with E-state index in [-0.39, 0.29) is 7.66 Å². The molecule has 0 spiro atoms. The highest BCUT2D eigenvalue weighted by molar-refractivity contribution is 14.2. The molecule has 0 saturated heterocycles. The minimum Gasteiger partial charge on any atom is -0.246 e. The first-order valence-corrected chi connectivity index (χ1v) is 10.4. The van der Waals surface area contributed by atoms with Crippen molar-refractivity contribution in [3.63, 3.8) is 0 Å². The molecule has 2 aromatic carbocycles. The molecule has 1 aliphatic heterocycles. The number of para-hydroxylation sites is 2. The first-order valence-electron chi connectivity index (χ1n) is 6.64. The second kappa shape index (κ2) is 5.75. The second-order valence-electron chi connectivity index (χ2n) is 4.70. The summed E-state index contributed by atoms with van der Waals surface area (Å²) in [4.78, 5) is 6.28. The zero-order valence-corrected chi connectivity index (χ0v) is 13.9. The molecule has 2 aromatic rings. The van der Waals surface area contributed by atoms with E-state index in [2.05, 4.69) is 70.6 Å². The van der Waals surface area contributed by atoms with Crippen LogP contribution in [0, 0.1) is 4.51 Å². The molecule has 0 aromatic heterocycles. The number of hydrogen-bond acceptors (Lipinski definition) is 1. The first-order chi connectivity index (χ1) is 9.31. The Morgan fingerprint density at radius 2 is 1.95 bits per heavy atom. The number of fused-ring (bicyclic) bond motifs is 2. The minimum atomic E-state index is 0.120. The molecule has 1 atom stereocenters. The van der Waals surface area contributed by atoms with Gasteiger partial charge in [0, 0.05) is 9.41 Å². The van der Waals surface area contributed by atoms with Crippen LogP contribution in [0.2, 0.25) is 0 Å². The Hall–Kier alpha value is -0.680. The molecule has 0 aliphatic carbocycles. The summed E-state index contributed by atoms with van der Waals surface area (Å²) in [6, 6.07) is 15.2. The van der Waals surface area contributed by atoms with Crippen LogP contribution in [0.3, 0.4) is 0 Å². The van der Waals surface area contributed by atoms with Crippen molar-refractivity contribution >= 4 is 34.5 Å². The van der Waals surface area contributed by atoms with Gasteiger partial charge in [0.25, 0.3) is 0 Å². The maximum atomic E-state index is 4.91. The van der Waals surface area contributed by atoms with Gasteiger partial charge in [-0.2, -0.15) is 0 Å². The number of hydrogen-bond donors (Lipinski definition) is 0. The van der Waals surface area contributed by atoms with Gasteiger partial charge in [0.15, 0.2) is 0 Å². The third kappa shape index (κ3) is 2.50. The quantitative estimate of drug-likeness (QED) is 0.511. The zero-order chi connectivity index (χ0) is 13.2. The molecule has 3 rings (SSSR count). The smallest absolute Gasteiger partial charge is 0.0808 e. The second-order valence-corrected chi connectivity index (χ2v) is 8.74. The third-order valence-electron chi connectivity index (χ3n) is 3.37. The summed E-state index contributed by atoms with van der Waals surface area (Å²) in [6.07, 6.45) is 3.61.